The summed E-state index contributed by atoms with van der Waals surface area (Å²) in [4.78, 5) is 24.0. The van der Waals surface area contributed by atoms with Crippen LogP contribution in [0, 0.1) is 5.82 Å². The molecule has 0 atom stereocenters. The molecule has 3 N–H and O–H groups in total. The fraction of sp³-hybridized carbons (Fsp3) is 0.375. The molecule has 1 aliphatic carbocycles. The molecule has 1 heterocycles. The molecule has 0 bridgehead atoms. The van der Waals surface area contributed by atoms with E-state index in [4.69, 9.17) is 17.3 Å². The van der Waals surface area contributed by atoms with Crippen LogP contribution in [-0.4, -0.2) is 27.9 Å². The van der Waals surface area contributed by atoms with Crippen molar-refractivity contribution in [2.24, 2.45) is 5.73 Å². The molecule has 0 unspecified atom stereocenters. The molecule has 1 aliphatic rings. The van der Waals surface area contributed by atoms with Gasteiger partial charge in [-0.15, -0.1) is 11.8 Å². The normalized spacial score (nSPS) is 14.3. The number of aromatic nitrogens is 1. The maximum absolute atomic E-state index is 14.4. The summed E-state index contributed by atoms with van der Waals surface area (Å²) in [6.45, 7) is 0.495. The number of hydrogen-bond donors (Lipinski definition) is 2. The smallest absolute Gasteiger partial charge is 0.341 e. The zero-order chi connectivity index (χ0) is 17.4. The number of thioether (sulfide) groups is 1. The molecule has 8 heteroatoms. The predicted octanol–water partition coefficient (Wildman–Crippen LogP) is 3.27. The zero-order valence-electron chi connectivity index (χ0n) is 12.7. The predicted molar refractivity (Wildman–Crippen MR) is 92.8 cm³/mol. The first kappa shape index (κ1) is 17.3. The first-order valence-corrected chi connectivity index (χ1v) is 8.95. The summed E-state index contributed by atoms with van der Waals surface area (Å²) < 4.78 is 16.1. The highest BCUT2D eigenvalue weighted by Crippen LogP contribution is 2.41. The topological polar surface area (TPSA) is 85.3 Å². The maximum Gasteiger partial charge on any atom is 0.341 e. The van der Waals surface area contributed by atoms with Crippen molar-refractivity contribution in [1.82, 2.24) is 4.57 Å². The number of carboxylic acid groups (broad SMARTS) is 1. The molecule has 1 saturated carbocycles. The molecule has 0 saturated heterocycles. The van der Waals surface area contributed by atoms with Crippen LogP contribution in [0.2, 0.25) is 5.02 Å². The van der Waals surface area contributed by atoms with E-state index in [1.165, 1.54) is 18.0 Å². The monoisotopic (exact) mass is 370 g/mol. The fourth-order valence-corrected chi connectivity index (χ4v) is 4.00. The second kappa shape index (κ2) is 6.74. The molecule has 5 nitrogen and oxygen atoms in total. The van der Waals surface area contributed by atoms with Gasteiger partial charge in [-0.2, -0.15) is 0 Å². The number of aromatic carboxylic acids is 1. The van der Waals surface area contributed by atoms with E-state index in [0.717, 1.165) is 18.9 Å². The van der Waals surface area contributed by atoms with E-state index >= 15 is 0 Å². The van der Waals surface area contributed by atoms with Gasteiger partial charge >= 0.3 is 5.97 Å². The lowest BCUT2D eigenvalue weighted by Gasteiger charge is -2.15. The summed E-state index contributed by atoms with van der Waals surface area (Å²) in [5.41, 5.74) is 4.78. The summed E-state index contributed by atoms with van der Waals surface area (Å²) in [5, 5.41) is 9.40. The Bertz CT molecular complexity index is 880. The number of pyridine rings is 1. The van der Waals surface area contributed by atoms with Crippen LogP contribution in [-0.2, 0) is 0 Å². The summed E-state index contributed by atoms with van der Waals surface area (Å²) in [6, 6.07) is 1.19. The molecular weight excluding hydrogens is 355 g/mol. The van der Waals surface area contributed by atoms with E-state index < -0.39 is 17.2 Å². The number of nitrogens with zero attached hydrogens (tertiary/aromatic N) is 1. The molecule has 1 aromatic carbocycles. The number of fused-ring (bicyclic) bond motifs is 1. The Labute approximate surface area is 146 Å². The maximum atomic E-state index is 14.4. The zero-order valence-corrected chi connectivity index (χ0v) is 14.3. The lowest BCUT2D eigenvalue weighted by Crippen LogP contribution is -2.19. The van der Waals surface area contributed by atoms with Crippen LogP contribution in [0.15, 0.2) is 22.0 Å². The third-order valence-electron chi connectivity index (χ3n) is 3.93. The van der Waals surface area contributed by atoms with Gasteiger partial charge in [-0.25, -0.2) is 9.18 Å². The molecular formula is C16H16ClFN2O3S. The van der Waals surface area contributed by atoms with Crippen LogP contribution in [0.5, 0.6) is 0 Å². The van der Waals surface area contributed by atoms with E-state index in [-0.39, 0.29) is 26.9 Å². The van der Waals surface area contributed by atoms with Gasteiger partial charge in [0.1, 0.15) is 11.4 Å². The van der Waals surface area contributed by atoms with Crippen molar-refractivity contribution in [2.45, 2.75) is 30.2 Å². The van der Waals surface area contributed by atoms with Gasteiger partial charge in [0, 0.05) is 12.2 Å². The van der Waals surface area contributed by atoms with Gasteiger partial charge in [0.25, 0.3) is 0 Å². The van der Waals surface area contributed by atoms with Gasteiger partial charge in [0.15, 0.2) is 0 Å². The van der Waals surface area contributed by atoms with Crippen molar-refractivity contribution in [3.05, 3.63) is 38.9 Å². The van der Waals surface area contributed by atoms with Gasteiger partial charge in [-0.1, -0.05) is 11.6 Å². The number of halogens is 2. The number of nitrogens with two attached hydrogens (primary N) is 1. The van der Waals surface area contributed by atoms with Crippen LogP contribution < -0.4 is 11.2 Å². The average molecular weight is 371 g/mol. The third-order valence-corrected chi connectivity index (χ3v) is 5.59. The van der Waals surface area contributed by atoms with Gasteiger partial charge in [0.05, 0.1) is 20.8 Å². The minimum absolute atomic E-state index is 0.00692. The Hall–Kier alpha value is -1.57. The van der Waals surface area contributed by atoms with Crippen molar-refractivity contribution >= 4 is 40.2 Å². The lowest BCUT2D eigenvalue weighted by molar-refractivity contribution is 0.0695. The van der Waals surface area contributed by atoms with Crippen molar-refractivity contribution in [3.63, 3.8) is 0 Å². The minimum atomic E-state index is -1.32. The second-order valence-corrected chi connectivity index (χ2v) is 7.19. The standard InChI is InChI=1S/C16H16ClFN2O3S/c17-12-13-9(6-11(18)15(12)24-5-1-4-19)14(21)10(16(22)23)7-20(13)8-2-3-8/h6-8H,1-5,19H2,(H,22,23). The summed E-state index contributed by atoms with van der Waals surface area (Å²) in [5.74, 6) is -1.33. The second-order valence-electron chi connectivity index (χ2n) is 5.70. The minimum Gasteiger partial charge on any atom is -0.477 e. The Balaban J connectivity index is 2.26. The van der Waals surface area contributed by atoms with Crippen LogP contribution in [0.1, 0.15) is 35.7 Å². The highest BCUT2D eigenvalue weighted by Gasteiger charge is 2.29. The number of rotatable bonds is 6. The van der Waals surface area contributed by atoms with E-state index in [9.17, 15) is 19.1 Å². The van der Waals surface area contributed by atoms with Crippen molar-refractivity contribution in [1.29, 1.82) is 0 Å². The first-order chi connectivity index (χ1) is 11.5. The summed E-state index contributed by atoms with van der Waals surface area (Å²) in [7, 11) is 0. The van der Waals surface area contributed by atoms with Crippen molar-refractivity contribution in [3.8, 4) is 0 Å². The third kappa shape index (κ3) is 3.03. The summed E-state index contributed by atoms with van der Waals surface area (Å²) in [6.07, 6.45) is 3.79. The lowest BCUT2D eigenvalue weighted by atomic mass is 10.1. The number of hydrogen-bond acceptors (Lipinski definition) is 4. The molecule has 0 aliphatic heterocycles. The Kier molecular flexibility index (Phi) is 4.85. The Morgan fingerprint density at radius 3 is 2.79 bits per heavy atom. The molecule has 24 heavy (non-hydrogen) atoms. The van der Waals surface area contributed by atoms with E-state index in [2.05, 4.69) is 0 Å². The molecule has 1 aromatic heterocycles. The fourth-order valence-electron chi connectivity index (χ4n) is 2.61. The molecule has 2 aromatic rings. The SMILES string of the molecule is NCCCSc1c(F)cc2c(=O)c(C(=O)O)cn(C3CC3)c2c1Cl. The van der Waals surface area contributed by atoms with Gasteiger partial charge in [-0.05, 0) is 37.6 Å². The van der Waals surface area contributed by atoms with Gasteiger partial charge in [-0.3, -0.25) is 4.79 Å². The Morgan fingerprint density at radius 1 is 1.50 bits per heavy atom. The van der Waals surface area contributed by atoms with Gasteiger partial charge < -0.3 is 15.4 Å². The number of carbonyl (C=O) groups is 1. The molecule has 3 rings (SSSR count). The molecule has 0 amide bonds. The van der Waals surface area contributed by atoms with Gasteiger partial charge in [0.2, 0.25) is 5.43 Å². The van der Waals surface area contributed by atoms with Crippen LogP contribution >= 0.6 is 23.4 Å². The van der Waals surface area contributed by atoms with E-state index in [1.54, 1.807) is 4.57 Å². The molecule has 1 fully saturated rings. The molecule has 0 spiro atoms. The number of carboxylic acids is 1. The van der Waals surface area contributed by atoms with Crippen LogP contribution in [0.3, 0.4) is 0 Å². The Morgan fingerprint density at radius 2 is 2.21 bits per heavy atom. The highest BCUT2D eigenvalue weighted by molar-refractivity contribution is 7.99. The van der Waals surface area contributed by atoms with E-state index in [1.807, 2.05) is 0 Å². The van der Waals surface area contributed by atoms with Crippen molar-refractivity contribution < 1.29 is 14.3 Å². The number of benzene rings is 1. The quantitative estimate of drug-likeness (QED) is 0.602. The van der Waals surface area contributed by atoms with Crippen LogP contribution in [0.25, 0.3) is 10.9 Å². The van der Waals surface area contributed by atoms with Crippen LogP contribution in [0.4, 0.5) is 4.39 Å². The summed E-state index contributed by atoms with van der Waals surface area (Å²) >= 11 is 7.66. The van der Waals surface area contributed by atoms with Crippen molar-refractivity contribution in [2.75, 3.05) is 12.3 Å². The highest BCUT2D eigenvalue weighted by atomic mass is 35.5. The largest absolute Gasteiger partial charge is 0.477 e. The van der Waals surface area contributed by atoms with E-state index in [0.29, 0.717) is 24.2 Å². The molecule has 0 radical (unpaired) electrons. The average Bonchev–Trinajstić information content (AvgIpc) is 3.36. The first-order valence-electron chi connectivity index (χ1n) is 7.58. The molecule has 128 valence electrons.